The third-order valence-corrected chi connectivity index (χ3v) is 18.5. The molecule has 2 atom stereocenters. The van der Waals surface area contributed by atoms with Crippen molar-refractivity contribution in [3.63, 3.8) is 0 Å². The average Bonchev–Trinajstić information content (AvgIpc) is 3.51. The van der Waals surface area contributed by atoms with Crippen LogP contribution >= 0.6 is 0 Å². The van der Waals surface area contributed by atoms with Gasteiger partial charge in [-0.2, -0.15) is 0 Å². The molecule has 0 aliphatic carbocycles. The van der Waals surface area contributed by atoms with E-state index in [0.29, 0.717) is 19.4 Å². The van der Waals surface area contributed by atoms with E-state index in [1.807, 2.05) is 6.08 Å². The molecule has 0 aliphatic rings. The van der Waals surface area contributed by atoms with E-state index in [0.717, 1.165) is 44.9 Å². The molecular formula is C79H153NO5. The molecule has 0 saturated carbocycles. The standard InChI is InChI=1S/C79H153NO5/c1-3-5-7-9-11-13-15-17-19-21-23-24-25-27-30-33-36-39-43-47-51-55-59-63-67-71-77(82)76(75-81)80-78(83)72-68-64-60-56-52-48-44-40-37-34-31-28-26-29-32-35-38-42-46-50-54-58-62-66-70-74-85-79(84)73-69-65-61-57-53-49-45-41-22-20-18-16-14-12-10-8-6-4-2/h20,22,67,71,76-77,81-82H,3-19,21,23-66,68-70,72-75H2,1-2H3,(H,80,83)/b22-20-,71-67+. The monoisotopic (exact) mass is 1200 g/mol. The molecule has 0 aromatic carbocycles. The Kier molecular flexibility index (Phi) is 73.3. The summed E-state index contributed by atoms with van der Waals surface area (Å²) in [5, 5.41) is 23.3. The van der Waals surface area contributed by atoms with Gasteiger partial charge in [0.05, 0.1) is 25.4 Å². The quantitative estimate of drug-likeness (QED) is 0.0320. The van der Waals surface area contributed by atoms with Gasteiger partial charge in [0.15, 0.2) is 0 Å². The molecule has 504 valence electrons. The number of unbranched alkanes of at least 4 members (excludes halogenated alkanes) is 61. The van der Waals surface area contributed by atoms with Gasteiger partial charge in [0.2, 0.25) is 5.91 Å². The zero-order valence-electron chi connectivity index (χ0n) is 57.9. The lowest BCUT2D eigenvalue weighted by molar-refractivity contribution is -0.143. The van der Waals surface area contributed by atoms with Gasteiger partial charge in [-0.15, -0.1) is 0 Å². The van der Waals surface area contributed by atoms with Crippen molar-refractivity contribution >= 4 is 11.9 Å². The molecule has 0 bridgehead atoms. The Morgan fingerprint density at radius 2 is 0.553 bits per heavy atom. The number of carbonyl (C=O) groups excluding carboxylic acids is 2. The van der Waals surface area contributed by atoms with Crippen molar-refractivity contribution in [1.29, 1.82) is 0 Å². The average molecular weight is 1200 g/mol. The zero-order chi connectivity index (χ0) is 61.3. The van der Waals surface area contributed by atoms with Crippen molar-refractivity contribution in [2.45, 2.75) is 456 Å². The summed E-state index contributed by atoms with van der Waals surface area (Å²) < 4.78 is 5.51. The van der Waals surface area contributed by atoms with Crippen LogP contribution in [0.25, 0.3) is 0 Å². The van der Waals surface area contributed by atoms with Gasteiger partial charge >= 0.3 is 5.97 Å². The summed E-state index contributed by atoms with van der Waals surface area (Å²) in [6.45, 7) is 4.95. The summed E-state index contributed by atoms with van der Waals surface area (Å²) in [4.78, 5) is 24.7. The van der Waals surface area contributed by atoms with E-state index in [1.54, 1.807) is 6.08 Å². The molecule has 85 heavy (non-hydrogen) atoms. The molecule has 2 unspecified atom stereocenters. The number of aliphatic hydroxyl groups is 2. The Morgan fingerprint density at radius 1 is 0.318 bits per heavy atom. The van der Waals surface area contributed by atoms with Crippen LogP contribution in [0.2, 0.25) is 0 Å². The number of hydrogen-bond acceptors (Lipinski definition) is 5. The summed E-state index contributed by atoms with van der Waals surface area (Å²) in [6.07, 6.45) is 95.7. The van der Waals surface area contributed by atoms with Gasteiger partial charge < -0.3 is 20.3 Å². The van der Waals surface area contributed by atoms with Gasteiger partial charge in [-0.1, -0.05) is 398 Å². The maximum absolute atomic E-state index is 12.6. The van der Waals surface area contributed by atoms with Crippen LogP contribution in [0.4, 0.5) is 0 Å². The van der Waals surface area contributed by atoms with Crippen molar-refractivity contribution in [1.82, 2.24) is 5.32 Å². The van der Waals surface area contributed by atoms with Gasteiger partial charge in [-0.05, 0) is 57.8 Å². The summed E-state index contributed by atoms with van der Waals surface area (Å²) in [5.41, 5.74) is 0. The fraction of sp³-hybridized carbons (Fsp3) is 0.924. The highest BCUT2D eigenvalue weighted by Crippen LogP contribution is 2.20. The summed E-state index contributed by atoms with van der Waals surface area (Å²) in [7, 11) is 0. The molecule has 6 heteroatoms. The number of amides is 1. The van der Waals surface area contributed by atoms with E-state index in [4.69, 9.17) is 4.74 Å². The second-order valence-corrected chi connectivity index (χ2v) is 27.0. The molecule has 0 fully saturated rings. The van der Waals surface area contributed by atoms with Gasteiger partial charge in [-0.3, -0.25) is 9.59 Å². The number of ether oxygens (including phenoxy) is 1. The SMILES string of the molecule is CCCCCCCCC/C=C\CCCCCCCCCC(=O)OCCCCCCCCCCCCCCCCCCCCCCCCCCCC(=O)NC(CO)C(O)/C=C/CCCCCCCCCCCCCCCCCCCCCCCCC. The van der Waals surface area contributed by atoms with Gasteiger partial charge in [0.25, 0.3) is 0 Å². The highest BCUT2D eigenvalue weighted by molar-refractivity contribution is 5.76. The van der Waals surface area contributed by atoms with Crippen molar-refractivity contribution in [2.75, 3.05) is 13.2 Å². The van der Waals surface area contributed by atoms with Crippen molar-refractivity contribution in [3.05, 3.63) is 24.3 Å². The minimum Gasteiger partial charge on any atom is -0.466 e. The van der Waals surface area contributed by atoms with Crippen LogP contribution in [0.1, 0.15) is 444 Å². The van der Waals surface area contributed by atoms with Crippen LogP contribution in [0.5, 0.6) is 0 Å². The molecule has 3 N–H and O–H groups in total. The Balaban J connectivity index is 3.38. The molecule has 0 aromatic rings. The number of allylic oxidation sites excluding steroid dienone is 3. The number of carbonyl (C=O) groups is 2. The lowest BCUT2D eigenvalue weighted by atomic mass is 10.0. The Morgan fingerprint density at radius 3 is 0.835 bits per heavy atom. The van der Waals surface area contributed by atoms with E-state index in [9.17, 15) is 19.8 Å². The Hall–Kier alpha value is -1.66. The Labute approximate surface area is 532 Å². The van der Waals surface area contributed by atoms with E-state index < -0.39 is 12.1 Å². The third-order valence-electron chi connectivity index (χ3n) is 18.5. The first kappa shape index (κ1) is 83.3. The number of aliphatic hydroxyl groups excluding tert-OH is 2. The molecule has 1 amide bonds. The minimum absolute atomic E-state index is 0.0143. The van der Waals surface area contributed by atoms with E-state index in [2.05, 4.69) is 31.3 Å². The van der Waals surface area contributed by atoms with Crippen LogP contribution in [0.3, 0.4) is 0 Å². The van der Waals surface area contributed by atoms with Crippen LogP contribution in [-0.4, -0.2) is 47.4 Å². The summed E-state index contributed by atoms with van der Waals surface area (Å²) in [5.74, 6) is -0.0466. The van der Waals surface area contributed by atoms with Gasteiger partial charge in [0, 0.05) is 12.8 Å². The van der Waals surface area contributed by atoms with E-state index >= 15 is 0 Å². The molecule has 0 spiro atoms. The fourth-order valence-corrected chi connectivity index (χ4v) is 12.5. The number of nitrogens with one attached hydrogen (secondary N) is 1. The summed E-state index contributed by atoms with van der Waals surface area (Å²) in [6, 6.07) is -0.628. The number of hydrogen-bond donors (Lipinski definition) is 3. The molecule has 0 aliphatic heterocycles. The lowest BCUT2D eigenvalue weighted by Crippen LogP contribution is -2.45. The van der Waals surface area contributed by atoms with E-state index in [-0.39, 0.29) is 18.5 Å². The topological polar surface area (TPSA) is 95.9 Å². The first-order chi connectivity index (χ1) is 42.0. The Bertz CT molecular complexity index is 1330. The molecule has 0 radical (unpaired) electrons. The largest absolute Gasteiger partial charge is 0.466 e. The first-order valence-corrected chi connectivity index (χ1v) is 39.1. The first-order valence-electron chi connectivity index (χ1n) is 39.1. The second-order valence-electron chi connectivity index (χ2n) is 27.0. The molecule has 6 nitrogen and oxygen atoms in total. The highest BCUT2D eigenvalue weighted by Gasteiger charge is 2.18. The van der Waals surface area contributed by atoms with Crippen molar-refractivity contribution in [2.24, 2.45) is 0 Å². The highest BCUT2D eigenvalue weighted by atomic mass is 16.5. The van der Waals surface area contributed by atoms with Crippen LogP contribution in [-0.2, 0) is 14.3 Å². The lowest BCUT2D eigenvalue weighted by Gasteiger charge is -2.20. The molecular weight excluding hydrogens is 1040 g/mol. The van der Waals surface area contributed by atoms with Crippen molar-refractivity contribution in [3.8, 4) is 0 Å². The fourth-order valence-electron chi connectivity index (χ4n) is 12.5. The zero-order valence-corrected chi connectivity index (χ0v) is 57.9. The molecule has 0 aromatic heterocycles. The predicted octanol–water partition coefficient (Wildman–Crippen LogP) is 25.7. The third kappa shape index (κ3) is 71.3. The smallest absolute Gasteiger partial charge is 0.305 e. The second kappa shape index (κ2) is 74.8. The molecule has 0 heterocycles. The summed E-state index contributed by atoms with van der Waals surface area (Å²) >= 11 is 0. The van der Waals surface area contributed by atoms with Gasteiger partial charge in [-0.25, -0.2) is 0 Å². The number of esters is 1. The number of rotatable bonds is 74. The van der Waals surface area contributed by atoms with Crippen molar-refractivity contribution < 1.29 is 24.5 Å². The molecule has 0 saturated heterocycles. The van der Waals surface area contributed by atoms with Crippen LogP contribution in [0, 0.1) is 0 Å². The maximum Gasteiger partial charge on any atom is 0.305 e. The van der Waals surface area contributed by atoms with E-state index in [1.165, 1.54) is 372 Å². The van der Waals surface area contributed by atoms with Crippen LogP contribution in [0.15, 0.2) is 24.3 Å². The minimum atomic E-state index is -0.845. The normalized spacial score (nSPS) is 12.6. The predicted molar refractivity (Wildman–Crippen MR) is 375 cm³/mol. The van der Waals surface area contributed by atoms with Gasteiger partial charge in [0.1, 0.15) is 0 Å². The maximum atomic E-state index is 12.6. The molecule has 0 rings (SSSR count). The van der Waals surface area contributed by atoms with Crippen LogP contribution < -0.4 is 5.32 Å².